The van der Waals surface area contributed by atoms with Crippen molar-refractivity contribution < 1.29 is 18.8 Å². The van der Waals surface area contributed by atoms with Crippen molar-refractivity contribution in [1.82, 2.24) is 5.32 Å². The van der Waals surface area contributed by atoms with Gasteiger partial charge in [-0.2, -0.15) is 4.39 Å². The molecule has 0 aromatic heterocycles. The third-order valence-corrected chi connectivity index (χ3v) is 3.12. The highest BCUT2D eigenvalue weighted by Gasteiger charge is 2.38. The summed E-state index contributed by atoms with van der Waals surface area (Å²) in [6.45, 7) is 3.90. The van der Waals surface area contributed by atoms with E-state index >= 15 is 0 Å². The van der Waals surface area contributed by atoms with Crippen LogP contribution in [0, 0.1) is 21.3 Å². The van der Waals surface area contributed by atoms with Gasteiger partial charge in [-0.05, 0) is 11.6 Å². The van der Waals surface area contributed by atoms with Gasteiger partial charge in [-0.1, -0.05) is 19.9 Å². The summed E-state index contributed by atoms with van der Waals surface area (Å²) >= 11 is 0. The molecule has 7 heteroatoms. The molecular weight excluding hydrogens is 255 g/mol. The minimum absolute atomic E-state index is 0.189. The van der Waals surface area contributed by atoms with Gasteiger partial charge in [0.05, 0.1) is 11.0 Å². The maximum Gasteiger partial charge on any atom is 0.407 e. The van der Waals surface area contributed by atoms with Gasteiger partial charge in [-0.25, -0.2) is 4.79 Å². The van der Waals surface area contributed by atoms with Crippen LogP contribution < -0.4 is 5.32 Å². The fraction of sp³-hybridized carbons (Fsp3) is 0.417. The van der Waals surface area contributed by atoms with Crippen molar-refractivity contribution in [2.75, 3.05) is 6.61 Å². The van der Waals surface area contributed by atoms with Crippen LogP contribution in [0.4, 0.5) is 14.9 Å². The van der Waals surface area contributed by atoms with Gasteiger partial charge in [0.1, 0.15) is 6.61 Å². The van der Waals surface area contributed by atoms with E-state index in [0.29, 0.717) is 5.56 Å². The predicted molar refractivity (Wildman–Crippen MR) is 64.1 cm³/mol. The summed E-state index contributed by atoms with van der Waals surface area (Å²) in [5, 5.41) is 13.3. The summed E-state index contributed by atoms with van der Waals surface area (Å²) in [6.07, 6.45) is -0.587. The van der Waals surface area contributed by atoms with Crippen LogP contribution in [0.3, 0.4) is 0 Å². The lowest BCUT2D eigenvalue weighted by Crippen LogP contribution is -2.46. The van der Waals surface area contributed by atoms with Crippen molar-refractivity contribution in [3.8, 4) is 0 Å². The number of alkyl carbamates (subject to hydrolysis) is 1. The van der Waals surface area contributed by atoms with Gasteiger partial charge in [-0.15, -0.1) is 0 Å². The summed E-state index contributed by atoms with van der Waals surface area (Å²) in [4.78, 5) is 21.2. The first-order chi connectivity index (χ1) is 8.81. The monoisotopic (exact) mass is 268 g/mol. The van der Waals surface area contributed by atoms with Gasteiger partial charge in [0, 0.05) is 11.5 Å². The number of amides is 1. The molecule has 1 fully saturated rings. The maximum absolute atomic E-state index is 13.3. The summed E-state index contributed by atoms with van der Waals surface area (Å²) in [5.41, 5.74) is -0.566. The van der Waals surface area contributed by atoms with Gasteiger partial charge < -0.3 is 10.1 Å². The molecule has 1 atom stereocenters. The zero-order valence-electron chi connectivity index (χ0n) is 10.5. The minimum atomic E-state index is -0.898. The number of rotatable bonds is 2. The highest BCUT2D eigenvalue weighted by Crippen LogP contribution is 2.37. The second-order valence-corrected chi connectivity index (χ2v) is 5.11. The molecule has 1 N–H and O–H groups in total. The lowest BCUT2D eigenvalue weighted by atomic mass is 9.80. The number of hydrogen-bond donors (Lipinski definition) is 1. The average molecular weight is 268 g/mol. The topological polar surface area (TPSA) is 81.5 Å². The number of carbonyl (C=O) groups excluding carboxylic acids is 1. The number of cyclic esters (lactones) is 1. The summed E-state index contributed by atoms with van der Waals surface area (Å²) in [7, 11) is 0. The number of nitrogens with zero attached hydrogens (tertiary/aromatic N) is 1. The Balaban J connectivity index is 2.42. The Kier molecular flexibility index (Phi) is 3.13. The molecule has 0 unspecified atom stereocenters. The number of nitro benzene ring substituents is 1. The van der Waals surface area contributed by atoms with Crippen LogP contribution in [0.5, 0.6) is 0 Å². The Morgan fingerprint density at radius 3 is 2.84 bits per heavy atom. The zero-order chi connectivity index (χ0) is 14.2. The van der Waals surface area contributed by atoms with Crippen molar-refractivity contribution in [2.24, 2.45) is 5.41 Å². The molecule has 0 bridgehead atoms. The molecule has 6 nitrogen and oxygen atoms in total. The fourth-order valence-electron chi connectivity index (χ4n) is 2.07. The Morgan fingerprint density at radius 2 is 2.21 bits per heavy atom. The molecule has 1 saturated heterocycles. The Bertz CT molecular complexity index is 545. The van der Waals surface area contributed by atoms with E-state index in [2.05, 4.69) is 5.32 Å². The van der Waals surface area contributed by atoms with Crippen molar-refractivity contribution in [3.63, 3.8) is 0 Å². The second kappa shape index (κ2) is 4.49. The van der Waals surface area contributed by atoms with E-state index in [1.807, 2.05) is 13.8 Å². The van der Waals surface area contributed by atoms with E-state index < -0.39 is 34.0 Å². The van der Waals surface area contributed by atoms with E-state index in [0.717, 1.165) is 12.1 Å². The SMILES string of the molecule is CC1(C)COC(=O)N[C@H]1c1ccc(F)c([N+](=O)[O-])c1. The number of ether oxygens (including phenoxy) is 1. The number of benzene rings is 1. The van der Waals surface area contributed by atoms with E-state index in [9.17, 15) is 19.3 Å². The first-order valence-corrected chi connectivity index (χ1v) is 5.68. The highest BCUT2D eigenvalue weighted by atomic mass is 19.1. The Hall–Kier alpha value is -2.18. The predicted octanol–water partition coefficient (Wildman–Crippen LogP) is 2.54. The number of halogens is 1. The van der Waals surface area contributed by atoms with Gasteiger partial charge in [-0.3, -0.25) is 10.1 Å². The van der Waals surface area contributed by atoms with Crippen LogP contribution in [0.15, 0.2) is 18.2 Å². The fourth-order valence-corrected chi connectivity index (χ4v) is 2.07. The zero-order valence-corrected chi connectivity index (χ0v) is 10.5. The lowest BCUT2D eigenvalue weighted by molar-refractivity contribution is -0.387. The summed E-state index contributed by atoms with van der Waals surface area (Å²) in [5.74, 6) is -0.898. The molecule has 1 aliphatic heterocycles. The third kappa shape index (κ3) is 2.49. The first kappa shape index (κ1) is 13.3. The molecule has 0 saturated carbocycles. The van der Waals surface area contributed by atoms with E-state index in [4.69, 9.17) is 4.74 Å². The van der Waals surface area contributed by atoms with Crippen LogP contribution in [-0.2, 0) is 4.74 Å². The highest BCUT2D eigenvalue weighted by molar-refractivity contribution is 5.69. The Morgan fingerprint density at radius 1 is 1.53 bits per heavy atom. The van der Waals surface area contributed by atoms with Crippen LogP contribution in [0.2, 0.25) is 0 Å². The molecule has 0 aliphatic carbocycles. The number of carbonyl (C=O) groups is 1. The number of hydrogen-bond acceptors (Lipinski definition) is 4. The molecule has 1 aliphatic rings. The normalized spacial score (nSPS) is 21.4. The van der Waals surface area contributed by atoms with Crippen LogP contribution in [-0.4, -0.2) is 17.6 Å². The number of nitro groups is 1. The van der Waals surface area contributed by atoms with Crippen molar-refractivity contribution in [3.05, 3.63) is 39.7 Å². The smallest absolute Gasteiger partial charge is 0.407 e. The minimum Gasteiger partial charge on any atom is -0.449 e. The molecule has 1 amide bonds. The van der Waals surface area contributed by atoms with E-state index in [-0.39, 0.29) is 6.61 Å². The summed E-state index contributed by atoms with van der Waals surface area (Å²) in [6, 6.07) is 3.15. The summed E-state index contributed by atoms with van der Waals surface area (Å²) < 4.78 is 18.2. The molecule has 2 rings (SSSR count). The molecular formula is C12H13FN2O4. The number of nitrogens with one attached hydrogen (secondary N) is 1. The van der Waals surface area contributed by atoms with E-state index in [1.165, 1.54) is 6.07 Å². The molecule has 1 aromatic carbocycles. The molecule has 102 valence electrons. The lowest BCUT2D eigenvalue weighted by Gasteiger charge is -2.38. The molecule has 19 heavy (non-hydrogen) atoms. The largest absolute Gasteiger partial charge is 0.449 e. The average Bonchev–Trinajstić information content (AvgIpc) is 2.33. The first-order valence-electron chi connectivity index (χ1n) is 5.68. The molecule has 0 radical (unpaired) electrons. The van der Waals surface area contributed by atoms with Crippen LogP contribution in [0.1, 0.15) is 25.5 Å². The van der Waals surface area contributed by atoms with Gasteiger partial charge in [0.2, 0.25) is 5.82 Å². The quantitative estimate of drug-likeness (QED) is 0.660. The molecule has 1 aromatic rings. The second-order valence-electron chi connectivity index (χ2n) is 5.11. The van der Waals surface area contributed by atoms with Gasteiger partial charge in [0.15, 0.2) is 0 Å². The van der Waals surface area contributed by atoms with Gasteiger partial charge >= 0.3 is 11.8 Å². The third-order valence-electron chi connectivity index (χ3n) is 3.12. The van der Waals surface area contributed by atoms with Crippen LogP contribution in [0.25, 0.3) is 0 Å². The van der Waals surface area contributed by atoms with Gasteiger partial charge in [0.25, 0.3) is 0 Å². The molecule has 1 heterocycles. The maximum atomic E-state index is 13.3. The van der Waals surface area contributed by atoms with Crippen molar-refractivity contribution in [2.45, 2.75) is 19.9 Å². The van der Waals surface area contributed by atoms with Crippen LogP contribution >= 0.6 is 0 Å². The molecule has 0 spiro atoms. The van der Waals surface area contributed by atoms with E-state index in [1.54, 1.807) is 0 Å². The standard InChI is InChI=1S/C12H13FN2O4/c1-12(2)6-19-11(16)14-10(12)7-3-4-8(13)9(5-7)15(17)18/h3-5,10H,6H2,1-2H3,(H,14,16)/t10-/m0/s1. The Labute approximate surface area is 108 Å². The van der Waals surface area contributed by atoms with Crippen molar-refractivity contribution >= 4 is 11.8 Å². The van der Waals surface area contributed by atoms with Crippen molar-refractivity contribution in [1.29, 1.82) is 0 Å².